The van der Waals surface area contributed by atoms with Crippen molar-refractivity contribution in [2.75, 3.05) is 25.2 Å². The van der Waals surface area contributed by atoms with Gasteiger partial charge in [0.2, 0.25) is 12.2 Å². The summed E-state index contributed by atoms with van der Waals surface area (Å²) in [4.78, 5) is 40.2. The van der Waals surface area contributed by atoms with Crippen LogP contribution >= 0.6 is 11.8 Å². The first-order valence-electron chi connectivity index (χ1n) is 15.6. The van der Waals surface area contributed by atoms with Crippen molar-refractivity contribution in [2.45, 2.75) is 87.8 Å². The number of likely N-dealkylation sites (tertiary alicyclic amines) is 1. The number of nitrogens with one attached hydrogen (secondary N) is 1. The molecule has 1 spiro atoms. The lowest BCUT2D eigenvalue weighted by molar-refractivity contribution is -0.170. The van der Waals surface area contributed by atoms with Crippen molar-refractivity contribution in [1.29, 1.82) is 0 Å². The van der Waals surface area contributed by atoms with Crippen molar-refractivity contribution < 1.29 is 54.9 Å². The summed E-state index contributed by atoms with van der Waals surface area (Å²) in [5, 5.41) is 2.95. The van der Waals surface area contributed by atoms with Gasteiger partial charge < -0.3 is 25.3 Å². The third-order valence-corrected chi connectivity index (χ3v) is 9.54. The molecule has 5 atom stereocenters. The Kier molecular flexibility index (Phi) is 11.9. The molecule has 2 aromatic rings. The number of thioether (sulfide) groups is 1. The SMILES string of the molecule is CSCC[C@H](N)C(=O)OC(C)OC(=O)N1C[C@@]2(CCC(=O)N2)CC[C@@]1(CO[C@H](C)c1cc(C(F)(F)F)cc(C(F)(F)F)c1)c1ccccc1. The van der Waals surface area contributed by atoms with E-state index in [1.54, 1.807) is 30.3 Å². The van der Waals surface area contributed by atoms with Gasteiger partial charge >= 0.3 is 24.4 Å². The topological polar surface area (TPSA) is 120 Å². The number of hydrogen-bond acceptors (Lipinski definition) is 8. The molecular weight excluding hydrogens is 680 g/mol. The predicted molar refractivity (Wildman–Crippen MR) is 168 cm³/mol. The number of alkyl halides is 6. The fourth-order valence-electron chi connectivity index (χ4n) is 6.13. The van der Waals surface area contributed by atoms with Gasteiger partial charge in [0.05, 0.1) is 34.9 Å². The van der Waals surface area contributed by atoms with E-state index < -0.39 is 65.1 Å². The Bertz CT molecular complexity index is 1460. The van der Waals surface area contributed by atoms with Crippen molar-refractivity contribution in [3.8, 4) is 0 Å². The second kappa shape index (κ2) is 15.2. The van der Waals surface area contributed by atoms with Crippen molar-refractivity contribution in [1.82, 2.24) is 10.2 Å². The number of nitrogens with two attached hydrogens (primary N) is 1. The zero-order chi connectivity index (χ0) is 36.2. The number of rotatable bonds is 11. The summed E-state index contributed by atoms with van der Waals surface area (Å²) in [7, 11) is 0. The average molecular weight is 720 g/mol. The molecule has 9 nitrogen and oxygen atoms in total. The number of nitrogens with zero attached hydrogens (tertiary/aromatic N) is 1. The number of halogens is 6. The summed E-state index contributed by atoms with van der Waals surface area (Å²) in [5.74, 6) is -0.391. The summed E-state index contributed by atoms with van der Waals surface area (Å²) in [6.45, 7) is 2.21. The van der Waals surface area contributed by atoms with Crippen LogP contribution in [0, 0.1) is 0 Å². The molecule has 2 heterocycles. The fourth-order valence-corrected chi connectivity index (χ4v) is 6.62. The van der Waals surface area contributed by atoms with E-state index in [1.807, 2.05) is 6.26 Å². The number of carbonyl (C=O) groups is 3. The van der Waals surface area contributed by atoms with Gasteiger partial charge in [0, 0.05) is 19.9 Å². The monoisotopic (exact) mass is 719 g/mol. The molecule has 16 heteroatoms. The van der Waals surface area contributed by atoms with Crippen LogP contribution in [0.1, 0.15) is 74.3 Å². The molecule has 0 aliphatic carbocycles. The van der Waals surface area contributed by atoms with Crippen LogP contribution in [0.25, 0.3) is 0 Å². The third kappa shape index (κ3) is 9.19. The Hall–Kier alpha value is -3.50. The normalized spacial score (nSPS) is 23.1. The van der Waals surface area contributed by atoms with Gasteiger partial charge in [-0.05, 0) is 73.9 Å². The summed E-state index contributed by atoms with van der Waals surface area (Å²) in [5.41, 5.74) is 0.915. The number of esters is 1. The smallest absolute Gasteiger partial charge is 0.416 e. The summed E-state index contributed by atoms with van der Waals surface area (Å²) >= 11 is 1.49. The highest BCUT2D eigenvalue weighted by Crippen LogP contribution is 2.46. The Morgan fingerprint density at radius 1 is 0.980 bits per heavy atom. The van der Waals surface area contributed by atoms with E-state index in [0.717, 1.165) is 0 Å². The Labute approximate surface area is 284 Å². The number of hydrogen-bond donors (Lipinski definition) is 2. The third-order valence-electron chi connectivity index (χ3n) is 8.90. The summed E-state index contributed by atoms with van der Waals surface area (Å²) in [6.07, 6.45) is -10.4. The van der Waals surface area contributed by atoms with E-state index in [1.165, 1.54) is 30.5 Å². The molecule has 2 fully saturated rings. The first-order valence-corrected chi connectivity index (χ1v) is 17.0. The van der Waals surface area contributed by atoms with Crippen LogP contribution in [0.15, 0.2) is 48.5 Å². The van der Waals surface area contributed by atoms with E-state index in [-0.39, 0.29) is 43.5 Å². The van der Waals surface area contributed by atoms with Crippen LogP contribution in [-0.2, 0) is 41.7 Å². The number of carbonyl (C=O) groups excluding carboxylic acids is 3. The van der Waals surface area contributed by atoms with Crippen LogP contribution in [0.3, 0.4) is 0 Å². The number of ether oxygens (including phenoxy) is 3. The second-order valence-corrected chi connectivity index (χ2v) is 13.4. The van der Waals surface area contributed by atoms with Gasteiger partial charge in [-0.15, -0.1) is 0 Å². The molecule has 2 saturated heterocycles. The quantitative estimate of drug-likeness (QED) is 0.153. The minimum absolute atomic E-state index is 0.0412. The molecule has 0 saturated carbocycles. The molecule has 0 bridgehead atoms. The first kappa shape index (κ1) is 38.3. The van der Waals surface area contributed by atoms with Gasteiger partial charge in [-0.1, -0.05) is 30.3 Å². The molecule has 2 aromatic carbocycles. The van der Waals surface area contributed by atoms with E-state index >= 15 is 0 Å². The standard InChI is InChI=1S/C33H39F6N3O6S/c1-20(22-15-24(32(34,35)36)17-25(16-22)33(37,38)39)46-19-31(23-7-5-4-6-8-23)13-12-30(11-9-27(43)41-30)18-42(31)29(45)48-21(2)47-28(44)26(40)10-14-49-3/h4-8,15-17,20-21,26H,9-14,18-19,40H2,1-3H3,(H,41,43)/t20-,21?,26+,30-,31-/m1/s1. The Morgan fingerprint density at radius 2 is 1.61 bits per heavy atom. The minimum Gasteiger partial charge on any atom is -0.424 e. The average Bonchev–Trinajstić information content (AvgIpc) is 3.41. The summed E-state index contributed by atoms with van der Waals surface area (Å²) in [6, 6.07) is 8.85. The molecule has 270 valence electrons. The molecular formula is C33H39F6N3O6S. The van der Waals surface area contributed by atoms with Crippen LogP contribution in [0.5, 0.6) is 0 Å². The molecule has 2 aliphatic heterocycles. The lowest BCUT2D eigenvalue weighted by Gasteiger charge is -2.52. The molecule has 0 aromatic heterocycles. The minimum atomic E-state index is -5.05. The predicted octanol–water partition coefficient (Wildman–Crippen LogP) is 6.55. The number of benzene rings is 2. The molecule has 49 heavy (non-hydrogen) atoms. The van der Waals surface area contributed by atoms with E-state index in [4.69, 9.17) is 19.9 Å². The van der Waals surface area contributed by atoms with Gasteiger partial charge in [-0.3, -0.25) is 14.5 Å². The highest BCUT2D eigenvalue weighted by Gasteiger charge is 2.54. The largest absolute Gasteiger partial charge is 0.424 e. The fraction of sp³-hybridized carbons (Fsp3) is 0.545. The second-order valence-electron chi connectivity index (χ2n) is 12.4. The molecule has 2 aliphatic rings. The molecule has 2 amide bonds. The lowest BCUT2D eigenvalue weighted by atomic mass is 9.74. The zero-order valence-corrected chi connectivity index (χ0v) is 28.0. The van der Waals surface area contributed by atoms with Crippen LogP contribution in [-0.4, -0.2) is 65.9 Å². The van der Waals surface area contributed by atoms with Crippen molar-refractivity contribution in [2.24, 2.45) is 5.73 Å². The van der Waals surface area contributed by atoms with Crippen LogP contribution < -0.4 is 11.1 Å². The molecule has 3 N–H and O–H groups in total. The maximum atomic E-state index is 14.0. The van der Waals surface area contributed by atoms with Crippen molar-refractivity contribution in [3.05, 3.63) is 70.8 Å². The van der Waals surface area contributed by atoms with Gasteiger partial charge in [0.15, 0.2) is 0 Å². The lowest BCUT2D eigenvalue weighted by Crippen LogP contribution is -2.65. The highest BCUT2D eigenvalue weighted by atomic mass is 32.2. The van der Waals surface area contributed by atoms with Crippen LogP contribution in [0.2, 0.25) is 0 Å². The van der Waals surface area contributed by atoms with Gasteiger partial charge in [0.25, 0.3) is 0 Å². The van der Waals surface area contributed by atoms with Crippen molar-refractivity contribution in [3.63, 3.8) is 0 Å². The number of piperidine rings is 1. The van der Waals surface area contributed by atoms with E-state index in [2.05, 4.69) is 5.32 Å². The molecule has 1 unspecified atom stereocenters. The van der Waals surface area contributed by atoms with Gasteiger partial charge in [0.1, 0.15) is 6.04 Å². The first-order chi connectivity index (χ1) is 22.9. The maximum Gasteiger partial charge on any atom is 0.416 e. The highest BCUT2D eigenvalue weighted by molar-refractivity contribution is 7.98. The summed E-state index contributed by atoms with van der Waals surface area (Å²) < 4.78 is 98.7. The zero-order valence-electron chi connectivity index (χ0n) is 27.2. The van der Waals surface area contributed by atoms with E-state index in [0.29, 0.717) is 42.7 Å². The van der Waals surface area contributed by atoms with Crippen molar-refractivity contribution >= 4 is 29.7 Å². The number of amides is 2. The van der Waals surface area contributed by atoms with E-state index in [9.17, 15) is 40.7 Å². The maximum absolute atomic E-state index is 14.0. The van der Waals surface area contributed by atoms with Gasteiger partial charge in [-0.2, -0.15) is 38.1 Å². The van der Waals surface area contributed by atoms with Crippen LogP contribution in [0.4, 0.5) is 31.1 Å². The molecule has 0 radical (unpaired) electrons. The Morgan fingerprint density at radius 3 is 2.16 bits per heavy atom. The Balaban J connectivity index is 1.68. The molecule has 4 rings (SSSR count). The van der Waals surface area contributed by atoms with Gasteiger partial charge in [-0.25, -0.2) is 4.79 Å².